The van der Waals surface area contributed by atoms with E-state index in [-0.39, 0.29) is 18.0 Å². The van der Waals surface area contributed by atoms with E-state index in [9.17, 15) is 4.79 Å². The molecule has 1 aliphatic heterocycles. The van der Waals surface area contributed by atoms with Crippen molar-refractivity contribution >= 4 is 5.91 Å². The zero-order valence-electron chi connectivity index (χ0n) is 15.1. The smallest absolute Gasteiger partial charge is 0.270 e. The van der Waals surface area contributed by atoms with Gasteiger partial charge in [0.15, 0.2) is 5.82 Å². The quantitative estimate of drug-likeness (QED) is 0.853. The lowest BCUT2D eigenvalue weighted by Crippen LogP contribution is -2.49. The molecule has 0 bridgehead atoms. The molecule has 0 N–H and O–H groups in total. The van der Waals surface area contributed by atoms with Crippen molar-refractivity contribution < 1.29 is 9.32 Å². The summed E-state index contributed by atoms with van der Waals surface area (Å²) in [6, 6.07) is 4.04. The highest BCUT2D eigenvalue weighted by atomic mass is 16.5. The van der Waals surface area contributed by atoms with E-state index in [0.717, 1.165) is 30.9 Å². The Kier molecular flexibility index (Phi) is 4.11. The summed E-state index contributed by atoms with van der Waals surface area (Å²) in [6.45, 7) is 6.24. The van der Waals surface area contributed by atoms with Crippen molar-refractivity contribution in [2.45, 2.75) is 44.7 Å². The van der Waals surface area contributed by atoms with Crippen LogP contribution in [0.4, 0.5) is 0 Å². The molecule has 0 radical (unpaired) electrons. The Morgan fingerprint density at radius 2 is 2.12 bits per heavy atom. The van der Waals surface area contributed by atoms with E-state index in [1.807, 2.05) is 34.8 Å². The van der Waals surface area contributed by atoms with Gasteiger partial charge in [-0.15, -0.1) is 0 Å². The minimum absolute atomic E-state index is 0.0415. The predicted molar refractivity (Wildman–Crippen MR) is 92.4 cm³/mol. The maximum atomic E-state index is 13.0. The maximum absolute atomic E-state index is 13.0. The van der Waals surface area contributed by atoms with Gasteiger partial charge in [-0.1, -0.05) is 5.16 Å². The van der Waals surface area contributed by atoms with Gasteiger partial charge in [0.25, 0.3) is 5.91 Å². The van der Waals surface area contributed by atoms with Gasteiger partial charge in [-0.3, -0.25) is 9.69 Å². The molecule has 7 nitrogen and oxygen atoms in total. The summed E-state index contributed by atoms with van der Waals surface area (Å²) in [4.78, 5) is 21.7. The SMILES string of the molecule is CC(C)n1cccc1C(=O)N1CCN(C)[C@@H](c2nc(C3CC3)no2)C1. The van der Waals surface area contributed by atoms with Gasteiger partial charge in [0.05, 0.1) is 0 Å². The summed E-state index contributed by atoms with van der Waals surface area (Å²) >= 11 is 0. The highest BCUT2D eigenvalue weighted by molar-refractivity contribution is 5.93. The lowest BCUT2D eigenvalue weighted by atomic mass is 10.1. The van der Waals surface area contributed by atoms with Crippen molar-refractivity contribution in [3.8, 4) is 0 Å². The van der Waals surface area contributed by atoms with Gasteiger partial charge in [-0.05, 0) is 45.9 Å². The largest absolute Gasteiger partial charge is 0.341 e. The van der Waals surface area contributed by atoms with Crippen LogP contribution in [0.2, 0.25) is 0 Å². The van der Waals surface area contributed by atoms with Crippen LogP contribution in [0, 0.1) is 0 Å². The van der Waals surface area contributed by atoms with Crippen LogP contribution in [0.15, 0.2) is 22.9 Å². The topological polar surface area (TPSA) is 67.4 Å². The first-order chi connectivity index (χ1) is 12.0. The fraction of sp³-hybridized carbons (Fsp3) is 0.611. The standard InChI is InChI=1S/C18H25N5O2/c1-12(2)23-8-4-5-14(23)18(24)22-10-9-21(3)15(11-22)17-19-16(20-25-17)13-6-7-13/h4-5,8,12-13,15H,6-7,9-11H2,1-3H3/t15-/m1/s1. The second-order valence-corrected chi connectivity index (χ2v) is 7.41. The lowest BCUT2D eigenvalue weighted by Gasteiger charge is -2.37. The van der Waals surface area contributed by atoms with Crippen LogP contribution >= 0.6 is 0 Å². The van der Waals surface area contributed by atoms with E-state index in [4.69, 9.17) is 4.52 Å². The van der Waals surface area contributed by atoms with E-state index in [0.29, 0.717) is 24.9 Å². The van der Waals surface area contributed by atoms with Crippen LogP contribution in [-0.4, -0.2) is 57.1 Å². The summed E-state index contributed by atoms with van der Waals surface area (Å²) in [6.07, 6.45) is 4.26. The molecule has 1 atom stereocenters. The average Bonchev–Trinajstić information content (AvgIpc) is 3.12. The van der Waals surface area contributed by atoms with E-state index < -0.39 is 0 Å². The number of hydrogen-bond acceptors (Lipinski definition) is 5. The zero-order valence-corrected chi connectivity index (χ0v) is 15.1. The molecule has 134 valence electrons. The van der Waals surface area contributed by atoms with E-state index in [2.05, 4.69) is 28.9 Å². The zero-order chi connectivity index (χ0) is 17.6. The summed E-state index contributed by atoms with van der Waals surface area (Å²) in [5, 5.41) is 4.12. The minimum atomic E-state index is -0.0415. The van der Waals surface area contributed by atoms with Crippen molar-refractivity contribution in [3.63, 3.8) is 0 Å². The molecule has 2 aliphatic rings. The van der Waals surface area contributed by atoms with Gasteiger partial charge in [0.2, 0.25) is 5.89 Å². The maximum Gasteiger partial charge on any atom is 0.270 e. The molecule has 7 heteroatoms. The van der Waals surface area contributed by atoms with Crippen LogP contribution in [0.25, 0.3) is 0 Å². The number of amides is 1. The summed E-state index contributed by atoms with van der Waals surface area (Å²) < 4.78 is 7.53. The molecule has 0 spiro atoms. The normalized spacial score (nSPS) is 21.9. The van der Waals surface area contributed by atoms with Gasteiger partial charge in [0.1, 0.15) is 11.7 Å². The third-order valence-corrected chi connectivity index (χ3v) is 5.17. The fourth-order valence-electron chi connectivity index (χ4n) is 3.40. The first-order valence-electron chi connectivity index (χ1n) is 9.04. The number of carbonyl (C=O) groups is 1. The third kappa shape index (κ3) is 3.08. The lowest BCUT2D eigenvalue weighted by molar-refractivity contribution is 0.0478. The minimum Gasteiger partial charge on any atom is -0.341 e. The molecule has 1 saturated heterocycles. The second-order valence-electron chi connectivity index (χ2n) is 7.41. The first-order valence-corrected chi connectivity index (χ1v) is 9.04. The Balaban J connectivity index is 1.53. The molecule has 1 amide bonds. The third-order valence-electron chi connectivity index (χ3n) is 5.17. The van der Waals surface area contributed by atoms with Crippen LogP contribution in [0.1, 0.15) is 66.9 Å². The molecular formula is C18H25N5O2. The van der Waals surface area contributed by atoms with Gasteiger partial charge < -0.3 is 14.0 Å². The summed E-state index contributed by atoms with van der Waals surface area (Å²) in [5.74, 6) is 1.99. The molecule has 2 aromatic heterocycles. The van der Waals surface area contributed by atoms with Crippen LogP contribution < -0.4 is 0 Å². The number of nitrogens with zero attached hydrogens (tertiary/aromatic N) is 5. The highest BCUT2D eigenvalue weighted by Crippen LogP contribution is 2.38. The summed E-state index contributed by atoms with van der Waals surface area (Å²) in [5.41, 5.74) is 0.738. The average molecular weight is 343 g/mol. The van der Waals surface area contributed by atoms with Crippen LogP contribution in [-0.2, 0) is 0 Å². The molecule has 1 saturated carbocycles. The molecule has 0 aromatic carbocycles. The first kappa shape index (κ1) is 16.3. The Morgan fingerprint density at radius 1 is 1.32 bits per heavy atom. The van der Waals surface area contributed by atoms with Gasteiger partial charge >= 0.3 is 0 Å². The van der Waals surface area contributed by atoms with Crippen molar-refractivity contribution in [2.24, 2.45) is 0 Å². The fourth-order valence-corrected chi connectivity index (χ4v) is 3.40. The Bertz CT molecular complexity index is 761. The number of piperazine rings is 1. The number of carbonyl (C=O) groups excluding carboxylic acids is 1. The Labute approximate surface area is 147 Å². The molecular weight excluding hydrogens is 318 g/mol. The number of aromatic nitrogens is 3. The molecule has 3 heterocycles. The van der Waals surface area contributed by atoms with E-state index >= 15 is 0 Å². The monoisotopic (exact) mass is 343 g/mol. The van der Waals surface area contributed by atoms with Crippen LogP contribution in [0.3, 0.4) is 0 Å². The van der Waals surface area contributed by atoms with Gasteiger partial charge in [-0.25, -0.2) is 0 Å². The summed E-state index contributed by atoms with van der Waals surface area (Å²) in [7, 11) is 2.05. The molecule has 0 unspecified atom stereocenters. The number of rotatable bonds is 4. The number of hydrogen-bond donors (Lipinski definition) is 0. The molecule has 2 fully saturated rings. The van der Waals surface area contributed by atoms with Crippen molar-refractivity contribution in [1.29, 1.82) is 0 Å². The highest BCUT2D eigenvalue weighted by Gasteiger charge is 2.35. The van der Waals surface area contributed by atoms with Crippen molar-refractivity contribution in [1.82, 2.24) is 24.5 Å². The van der Waals surface area contributed by atoms with Gasteiger partial charge in [0, 0.05) is 37.8 Å². The molecule has 1 aliphatic carbocycles. The second kappa shape index (κ2) is 6.29. The van der Waals surface area contributed by atoms with Crippen LogP contribution in [0.5, 0.6) is 0 Å². The predicted octanol–water partition coefficient (Wildman–Crippen LogP) is 2.46. The van der Waals surface area contributed by atoms with Crippen molar-refractivity contribution in [3.05, 3.63) is 35.7 Å². The molecule has 25 heavy (non-hydrogen) atoms. The van der Waals surface area contributed by atoms with Gasteiger partial charge in [-0.2, -0.15) is 4.98 Å². The van der Waals surface area contributed by atoms with Crippen molar-refractivity contribution in [2.75, 3.05) is 26.7 Å². The Morgan fingerprint density at radius 3 is 2.84 bits per heavy atom. The number of likely N-dealkylation sites (N-methyl/N-ethyl adjacent to an activating group) is 1. The van der Waals surface area contributed by atoms with E-state index in [1.165, 1.54) is 0 Å². The molecule has 4 rings (SSSR count). The Hall–Kier alpha value is -2.15. The van der Waals surface area contributed by atoms with E-state index in [1.54, 1.807) is 0 Å². The molecule has 2 aromatic rings.